The highest BCUT2D eigenvalue weighted by Gasteiger charge is 2.49. The number of urea groups is 1. The molecule has 2 bridgehead atoms. The fourth-order valence-corrected chi connectivity index (χ4v) is 4.57. The van der Waals surface area contributed by atoms with Crippen molar-refractivity contribution in [1.82, 2.24) is 30.4 Å². The van der Waals surface area contributed by atoms with Crippen LogP contribution in [-0.4, -0.2) is 88.2 Å². The van der Waals surface area contributed by atoms with Crippen LogP contribution in [0.4, 0.5) is 4.79 Å². The van der Waals surface area contributed by atoms with Crippen molar-refractivity contribution in [1.29, 1.82) is 0 Å². The molecule has 1 aromatic heterocycles. The number of piperidine rings is 1. The lowest BCUT2D eigenvalue weighted by Gasteiger charge is -2.29. The van der Waals surface area contributed by atoms with Crippen LogP contribution < -0.4 is 10.6 Å². The third-order valence-electron chi connectivity index (χ3n) is 5.63. The second-order valence-corrected chi connectivity index (χ2v) is 8.54. The molecule has 3 saturated heterocycles. The van der Waals surface area contributed by atoms with E-state index in [-0.39, 0.29) is 31.3 Å². The number of aromatic nitrogens is 2. The molecule has 4 heterocycles. The van der Waals surface area contributed by atoms with Gasteiger partial charge in [0.05, 0.1) is 24.7 Å². The molecule has 0 spiro atoms. The van der Waals surface area contributed by atoms with Gasteiger partial charge in [-0.3, -0.25) is 18.8 Å². The normalized spacial score (nSPS) is 28.8. The van der Waals surface area contributed by atoms with Gasteiger partial charge in [0.2, 0.25) is 5.91 Å². The SMILES string of the molecule is O=C(CNC(=O)[C@@H]1CC[C@@H]2CN1C(=O)N2OS(=O)(=O)O)C1C[C@H](n2cccn2)CN1. The van der Waals surface area contributed by atoms with Gasteiger partial charge in [-0.05, 0) is 25.3 Å². The number of amides is 3. The van der Waals surface area contributed by atoms with Crippen molar-refractivity contribution in [2.75, 3.05) is 19.6 Å². The van der Waals surface area contributed by atoms with Crippen molar-refractivity contribution in [2.45, 2.75) is 43.4 Å². The summed E-state index contributed by atoms with van der Waals surface area (Å²) in [5, 5.41) is 10.5. The highest BCUT2D eigenvalue weighted by molar-refractivity contribution is 7.80. The van der Waals surface area contributed by atoms with Crippen LogP contribution in [0.3, 0.4) is 0 Å². The zero-order chi connectivity index (χ0) is 21.5. The lowest BCUT2D eigenvalue weighted by molar-refractivity contribution is -0.129. The lowest BCUT2D eigenvalue weighted by Crippen LogP contribution is -2.51. The zero-order valence-corrected chi connectivity index (χ0v) is 16.7. The fraction of sp³-hybridized carbons (Fsp3) is 0.625. The van der Waals surface area contributed by atoms with Gasteiger partial charge in [-0.15, -0.1) is 4.28 Å². The number of Topliss-reactive ketones (excluding diaryl/α,β-unsaturated/α-hetero) is 1. The summed E-state index contributed by atoms with van der Waals surface area (Å²) in [6.45, 7) is 0.508. The van der Waals surface area contributed by atoms with Crippen LogP contribution in [0, 0.1) is 0 Å². The first-order valence-corrected chi connectivity index (χ1v) is 10.9. The molecule has 1 unspecified atom stereocenters. The molecule has 0 aliphatic carbocycles. The molecule has 30 heavy (non-hydrogen) atoms. The van der Waals surface area contributed by atoms with Gasteiger partial charge in [0.1, 0.15) is 6.04 Å². The van der Waals surface area contributed by atoms with Gasteiger partial charge in [-0.25, -0.2) is 4.79 Å². The van der Waals surface area contributed by atoms with E-state index in [0.29, 0.717) is 24.4 Å². The predicted octanol–water partition coefficient (Wildman–Crippen LogP) is -1.53. The number of carbonyl (C=O) groups is 3. The molecule has 1 aromatic rings. The first-order valence-electron chi connectivity index (χ1n) is 9.52. The summed E-state index contributed by atoms with van der Waals surface area (Å²) in [6.07, 6.45) is 4.67. The molecule has 14 heteroatoms. The summed E-state index contributed by atoms with van der Waals surface area (Å²) in [7, 11) is -4.85. The van der Waals surface area contributed by atoms with E-state index in [4.69, 9.17) is 4.55 Å². The van der Waals surface area contributed by atoms with E-state index in [1.54, 1.807) is 10.9 Å². The van der Waals surface area contributed by atoms with Gasteiger partial charge in [-0.1, -0.05) is 0 Å². The number of fused-ring (bicyclic) bond motifs is 2. The maximum atomic E-state index is 12.6. The third kappa shape index (κ3) is 4.16. The Labute approximate surface area is 172 Å². The zero-order valence-electron chi connectivity index (χ0n) is 15.9. The van der Waals surface area contributed by atoms with Crippen LogP contribution in [0.5, 0.6) is 0 Å². The minimum absolute atomic E-state index is 0.0657. The average molecular weight is 442 g/mol. The molecule has 4 atom stereocenters. The Morgan fingerprint density at radius 1 is 1.33 bits per heavy atom. The number of ketones is 1. The van der Waals surface area contributed by atoms with E-state index >= 15 is 0 Å². The highest BCUT2D eigenvalue weighted by Crippen LogP contribution is 2.30. The van der Waals surface area contributed by atoms with E-state index in [1.165, 1.54) is 4.90 Å². The van der Waals surface area contributed by atoms with Crippen LogP contribution in [0.1, 0.15) is 25.3 Å². The van der Waals surface area contributed by atoms with Crippen LogP contribution >= 0.6 is 0 Å². The molecule has 164 valence electrons. The maximum Gasteiger partial charge on any atom is 0.418 e. The third-order valence-corrected chi connectivity index (χ3v) is 5.98. The molecule has 0 aromatic carbocycles. The van der Waals surface area contributed by atoms with Gasteiger partial charge in [0.15, 0.2) is 5.78 Å². The summed E-state index contributed by atoms with van der Waals surface area (Å²) in [6, 6.07) is -0.761. The molecule has 13 nitrogen and oxygen atoms in total. The van der Waals surface area contributed by atoms with Crippen molar-refractivity contribution in [3.05, 3.63) is 18.5 Å². The molecule has 3 amide bonds. The van der Waals surface area contributed by atoms with E-state index in [9.17, 15) is 22.8 Å². The topological polar surface area (TPSA) is 163 Å². The number of hydroxylamine groups is 2. The summed E-state index contributed by atoms with van der Waals surface area (Å²) in [5.74, 6) is -0.666. The molecular formula is C16H22N6O7S. The summed E-state index contributed by atoms with van der Waals surface area (Å²) in [4.78, 5) is 38.6. The first kappa shape index (κ1) is 20.7. The number of nitrogens with zero attached hydrogens (tertiary/aromatic N) is 4. The van der Waals surface area contributed by atoms with Crippen molar-refractivity contribution >= 4 is 28.1 Å². The summed E-state index contributed by atoms with van der Waals surface area (Å²) in [5.41, 5.74) is 0. The molecule has 0 radical (unpaired) electrons. The van der Waals surface area contributed by atoms with Crippen molar-refractivity contribution in [3.8, 4) is 0 Å². The van der Waals surface area contributed by atoms with E-state index in [0.717, 1.165) is 0 Å². The second-order valence-electron chi connectivity index (χ2n) is 7.53. The Morgan fingerprint density at radius 2 is 2.13 bits per heavy atom. The van der Waals surface area contributed by atoms with Gasteiger partial charge in [-0.2, -0.15) is 18.6 Å². The Hall–Kier alpha value is -2.55. The number of hydrogen-bond donors (Lipinski definition) is 3. The van der Waals surface area contributed by atoms with E-state index in [2.05, 4.69) is 20.0 Å². The van der Waals surface area contributed by atoms with Gasteiger partial charge in [0.25, 0.3) is 0 Å². The minimum atomic E-state index is -4.85. The smallest absolute Gasteiger partial charge is 0.347 e. The monoisotopic (exact) mass is 442 g/mol. The molecule has 3 aliphatic rings. The fourth-order valence-electron chi connectivity index (χ4n) is 4.18. The van der Waals surface area contributed by atoms with Crippen LogP contribution in [0.2, 0.25) is 0 Å². The quantitative estimate of drug-likeness (QED) is 0.425. The van der Waals surface area contributed by atoms with Gasteiger partial charge >= 0.3 is 16.4 Å². The molecule has 4 rings (SSSR count). The molecule has 3 aliphatic heterocycles. The highest BCUT2D eigenvalue weighted by atomic mass is 32.3. The maximum absolute atomic E-state index is 12.6. The van der Waals surface area contributed by atoms with Crippen LogP contribution in [0.15, 0.2) is 18.5 Å². The van der Waals surface area contributed by atoms with Crippen LogP contribution in [0.25, 0.3) is 0 Å². The Balaban J connectivity index is 1.29. The lowest BCUT2D eigenvalue weighted by atomic mass is 10.00. The largest absolute Gasteiger partial charge is 0.418 e. The van der Waals surface area contributed by atoms with Crippen molar-refractivity contribution < 1.29 is 31.6 Å². The van der Waals surface area contributed by atoms with E-state index < -0.39 is 40.5 Å². The molecule has 0 saturated carbocycles. The Morgan fingerprint density at radius 3 is 2.83 bits per heavy atom. The minimum Gasteiger partial charge on any atom is -0.347 e. The van der Waals surface area contributed by atoms with Gasteiger partial charge in [0, 0.05) is 25.5 Å². The number of hydrogen-bond acceptors (Lipinski definition) is 8. The van der Waals surface area contributed by atoms with Crippen molar-refractivity contribution in [2.24, 2.45) is 0 Å². The second kappa shape index (κ2) is 7.94. The first-order chi connectivity index (χ1) is 14.2. The Kier molecular flexibility index (Phi) is 5.48. The Bertz CT molecular complexity index is 936. The summed E-state index contributed by atoms with van der Waals surface area (Å²) < 4.78 is 36.8. The number of carbonyl (C=O) groups excluding carboxylic acids is 3. The van der Waals surface area contributed by atoms with Crippen LogP contribution in [-0.2, 0) is 24.3 Å². The van der Waals surface area contributed by atoms with E-state index in [1.807, 2.05) is 12.3 Å². The van der Waals surface area contributed by atoms with Crippen molar-refractivity contribution in [3.63, 3.8) is 0 Å². The number of rotatable bonds is 7. The molecule has 3 fully saturated rings. The average Bonchev–Trinajstić information content (AvgIpc) is 3.43. The summed E-state index contributed by atoms with van der Waals surface area (Å²) >= 11 is 0. The standard InChI is InChI=1S/C16H22N6O7S/c23-14(12-6-11(7-17-12)21-5-1-4-19-21)8-18-15(24)13-3-2-10-9-20(13)16(25)22(10)29-30(26,27)28/h1,4-5,10-13,17H,2-3,6-9H2,(H,18,24)(H,26,27,28)/t10-,11+,12?,13+/m1/s1. The number of nitrogens with one attached hydrogen (secondary N) is 2. The predicted molar refractivity (Wildman–Crippen MR) is 99.1 cm³/mol. The molecular weight excluding hydrogens is 420 g/mol. The molecule has 3 N–H and O–H groups in total. The van der Waals surface area contributed by atoms with Gasteiger partial charge < -0.3 is 15.5 Å².